The lowest BCUT2D eigenvalue weighted by Gasteiger charge is -2.17. The first-order chi connectivity index (χ1) is 9.19. The van der Waals surface area contributed by atoms with Crippen LogP contribution in [0.25, 0.3) is 0 Å². The van der Waals surface area contributed by atoms with E-state index in [0.717, 1.165) is 23.6 Å². The van der Waals surface area contributed by atoms with Crippen LogP contribution in [0.1, 0.15) is 30.0 Å². The molecule has 3 nitrogen and oxygen atoms in total. The van der Waals surface area contributed by atoms with Gasteiger partial charge in [-0.05, 0) is 43.7 Å². The van der Waals surface area contributed by atoms with Gasteiger partial charge >= 0.3 is 0 Å². The van der Waals surface area contributed by atoms with Crippen molar-refractivity contribution in [3.05, 3.63) is 59.4 Å². The molecule has 0 saturated carbocycles. The maximum Gasteiger partial charge on any atom is 0.125 e. The van der Waals surface area contributed by atoms with Crippen LogP contribution in [0.15, 0.2) is 36.5 Å². The van der Waals surface area contributed by atoms with Crippen molar-refractivity contribution in [1.29, 1.82) is 0 Å². The van der Waals surface area contributed by atoms with Gasteiger partial charge in [0.05, 0.1) is 11.7 Å². The zero-order valence-corrected chi connectivity index (χ0v) is 11.2. The molecule has 1 N–H and O–H groups in total. The summed E-state index contributed by atoms with van der Waals surface area (Å²) < 4.78 is 13.2. The van der Waals surface area contributed by atoms with E-state index in [9.17, 15) is 4.39 Å². The van der Waals surface area contributed by atoms with Crippen molar-refractivity contribution >= 4 is 0 Å². The second-order valence-electron chi connectivity index (χ2n) is 4.47. The molecule has 0 aliphatic heterocycles. The number of benzene rings is 1. The zero-order chi connectivity index (χ0) is 13.7. The summed E-state index contributed by atoms with van der Waals surface area (Å²) in [5.74, 6) is 0.547. The normalized spacial score (nSPS) is 12.4. The highest BCUT2D eigenvalue weighted by Crippen LogP contribution is 2.17. The van der Waals surface area contributed by atoms with Gasteiger partial charge in [0.2, 0.25) is 0 Å². The number of aromatic nitrogens is 2. The lowest BCUT2D eigenvalue weighted by atomic mass is 10.0. The van der Waals surface area contributed by atoms with Gasteiger partial charge in [0.25, 0.3) is 0 Å². The Hall–Kier alpha value is -1.81. The van der Waals surface area contributed by atoms with Crippen molar-refractivity contribution < 1.29 is 4.39 Å². The molecule has 2 rings (SSSR count). The fourth-order valence-electron chi connectivity index (χ4n) is 2.10. The molecular weight excluding hydrogens is 241 g/mol. The fraction of sp³-hybridized carbons (Fsp3) is 0.333. The van der Waals surface area contributed by atoms with Crippen LogP contribution in [0.2, 0.25) is 0 Å². The van der Waals surface area contributed by atoms with Crippen LogP contribution in [0.3, 0.4) is 0 Å². The number of aryl methyl sites for hydroxylation is 1. The molecule has 0 radical (unpaired) electrons. The number of halogens is 1. The summed E-state index contributed by atoms with van der Waals surface area (Å²) in [6.45, 7) is 4.75. The van der Waals surface area contributed by atoms with Gasteiger partial charge < -0.3 is 5.32 Å². The highest BCUT2D eigenvalue weighted by atomic mass is 19.1. The number of rotatable bonds is 5. The van der Waals surface area contributed by atoms with E-state index in [1.165, 1.54) is 6.07 Å². The SMILES string of the molecule is CCNC(Cc1cccc(F)c1)c1ccnc(C)n1. The first kappa shape index (κ1) is 13.6. The number of likely N-dealkylation sites (N-methyl/N-ethyl adjacent to an activating group) is 1. The molecule has 1 aromatic heterocycles. The largest absolute Gasteiger partial charge is 0.309 e. The van der Waals surface area contributed by atoms with Crippen LogP contribution in [-0.2, 0) is 6.42 Å². The van der Waals surface area contributed by atoms with E-state index < -0.39 is 0 Å². The molecule has 1 atom stereocenters. The molecule has 0 saturated heterocycles. The maximum atomic E-state index is 13.2. The Morgan fingerprint density at radius 3 is 2.84 bits per heavy atom. The van der Waals surface area contributed by atoms with E-state index in [4.69, 9.17) is 0 Å². The molecule has 1 heterocycles. The smallest absolute Gasteiger partial charge is 0.125 e. The quantitative estimate of drug-likeness (QED) is 0.897. The molecule has 1 unspecified atom stereocenters. The minimum atomic E-state index is -0.202. The molecule has 2 aromatic rings. The third-order valence-corrected chi connectivity index (χ3v) is 2.93. The second-order valence-corrected chi connectivity index (χ2v) is 4.47. The summed E-state index contributed by atoms with van der Waals surface area (Å²) in [6, 6.07) is 8.67. The average Bonchev–Trinajstić information content (AvgIpc) is 2.38. The predicted molar refractivity (Wildman–Crippen MR) is 73.3 cm³/mol. The van der Waals surface area contributed by atoms with Crippen LogP contribution in [0.5, 0.6) is 0 Å². The summed E-state index contributed by atoms with van der Waals surface area (Å²) in [5, 5.41) is 3.38. The lowest BCUT2D eigenvalue weighted by molar-refractivity contribution is 0.531. The summed E-state index contributed by atoms with van der Waals surface area (Å²) >= 11 is 0. The zero-order valence-electron chi connectivity index (χ0n) is 11.2. The Morgan fingerprint density at radius 1 is 1.32 bits per heavy atom. The second kappa shape index (κ2) is 6.38. The molecule has 0 aliphatic rings. The maximum absolute atomic E-state index is 13.2. The predicted octanol–water partition coefficient (Wildman–Crippen LogP) is 2.82. The molecule has 0 fully saturated rings. The van der Waals surface area contributed by atoms with Gasteiger partial charge in [0, 0.05) is 6.20 Å². The Balaban J connectivity index is 2.21. The van der Waals surface area contributed by atoms with Crippen molar-refractivity contribution in [3.63, 3.8) is 0 Å². The van der Waals surface area contributed by atoms with E-state index in [1.807, 2.05) is 26.0 Å². The summed E-state index contributed by atoms with van der Waals surface area (Å²) in [5.41, 5.74) is 1.90. The lowest BCUT2D eigenvalue weighted by Crippen LogP contribution is -2.24. The van der Waals surface area contributed by atoms with Gasteiger partial charge in [-0.3, -0.25) is 0 Å². The van der Waals surface area contributed by atoms with Gasteiger partial charge in [-0.15, -0.1) is 0 Å². The van der Waals surface area contributed by atoms with Crippen molar-refractivity contribution in [2.45, 2.75) is 26.3 Å². The van der Waals surface area contributed by atoms with Gasteiger partial charge in [0.15, 0.2) is 0 Å². The van der Waals surface area contributed by atoms with E-state index in [1.54, 1.807) is 18.3 Å². The van der Waals surface area contributed by atoms with Crippen LogP contribution in [0.4, 0.5) is 4.39 Å². The number of nitrogens with zero attached hydrogens (tertiary/aromatic N) is 2. The van der Waals surface area contributed by atoms with E-state index in [-0.39, 0.29) is 11.9 Å². The Morgan fingerprint density at radius 2 is 2.16 bits per heavy atom. The van der Waals surface area contributed by atoms with E-state index >= 15 is 0 Å². The van der Waals surface area contributed by atoms with Crippen molar-refractivity contribution in [3.8, 4) is 0 Å². The van der Waals surface area contributed by atoms with Crippen molar-refractivity contribution in [2.75, 3.05) is 6.54 Å². The molecule has 1 aromatic carbocycles. The van der Waals surface area contributed by atoms with Gasteiger partial charge in [-0.25, -0.2) is 14.4 Å². The minimum absolute atomic E-state index is 0.0773. The van der Waals surface area contributed by atoms with E-state index in [2.05, 4.69) is 15.3 Å². The molecule has 0 aliphatic carbocycles. The minimum Gasteiger partial charge on any atom is -0.309 e. The highest BCUT2D eigenvalue weighted by molar-refractivity contribution is 5.20. The molecule has 0 amide bonds. The Bertz CT molecular complexity index is 542. The average molecular weight is 259 g/mol. The topological polar surface area (TPSA) is 37.8 Å². The van der Waals surface area contributed by atoms with Crippen molar-refractivity contribution in [1.82, 2.24) is 15.3 Å². The van der Waals surface area contributed by atoms with Crippen LogP contribution < -0.4 is 5.32 Å². The third-order valence-electron chi connectivity index (χ3n) is 2.93. The number of hydrogen-bond donors (Lipinski definition) is 1. The van der Waals surface area contributed by atoms with Gasteiger partial charge in [-0.2, -0.15) is 0 Å². The Labute approximate surface area is 112 Å². The molecule has 4 heteroatoms. The van der Waals surface area contributed by atoms with Gasteiger partial charge in [-0.1, -0.05) is 19.1 Å². The highest BCUT2D eigenvalue weighted by Gasteiger charge is 2.13. The molecule has 0 spiro atoms. The van der Waals surface area contributed by atoms with Gasteiger partial charge in [0.1, 0.15) is 11.6 Å². The summed E-state index contributed by atoms with van der Waals surface area (Å²) in [7, 11) is 0. The van der Waals surface area contributed by atoms with E-state index in [0.29, 0.717) is 6.42 Å². The van der Waals surface area contributed by atoms with Crippen LogP contribution >= 0.6 is 0 Å². The summed E-state index contributed by atoms with van der Waals surface area (Å²) in [4.78, 5) is 8.55. The number of hydrogen-bond acceptors (Lipinski definition) is 3. The first-order valence-corrected chi connectivity index (χ1v) is 6.46. The molecule has 19 heavy (non-hydrogen) atoms. The Kier molecular flexibility index (Phi) is 4.58. The molecule has 0 bridgehead atoms. The fourth-order valence-corrected chi connectivity index (χ4v) is 2.10. The van der Waals surface area contributed by atoms with Crippen molar-refractivity contribution in [2.24, 2.45) is 0 Å². The monoisotopic (exact) mass is 259 g/mol. The first-order valence-electron chi connectivity index (χ1n) is 6.46. The molecule has 100 valence electrons. The van der Waals surface area contributed by atoms with Crippen LogP contribution in [0, 0.1) is 12.7 Å². The summed E-state index contributed by atoms with van der Waals surface area (Å²) in [6.07, 6.45) is 2.47. The standard InChI is InChI=1S/C15H18FN3/c1-3-17-15(14-7-8-18-11(2)19-14)10-12-5-4-6-13(16)9-12/h4-9,15,17H,3,10H2,1-2H3. The number of nitrogens with one attached hydrogen (secondary N) is 1. The van der Waals surface area contributed by atoms with Crippen LogP contribution in [-0.4, -0.2) is 16.5 Å². The molecular formula is C15H18FN3. The third kappa shape index (κ3) is 3.83.